The lowest BCUT2D eigenvalue weighted by atomic mass is 9.70. The molecule has 1 atom stereocenters. The van der Waals surface area contributed by atoms with Gasteiger partial charge in [0.15, 0.2) is 17.3 Å². The standard InChI is InChI=1S/C27H27NO7/c1-13-23(31)21(15(3)29)25-22(24(13)32)27(4)19(35-25)12-17(30)20(26(27)33)14(2)28-11-10-16-8-6-7-9-18(16)34-5/h6-9,12,28,31-32H,10-11H2,1-5H3/b20-14+/t27-/m0/s1. The largest absolute Gasteiger partial charge is 0.507 e. The molecule has 0 saturated heterocycles. The quantitative estimate of drug-likeness (QED) is 0.329. The first kappa shape index (κ1) is 24.1. The number of ether oxygens (including phenoxy) is 2. The first-order valence-corrected chi connectivity index (χ1v) is 11.2. The summed E-state index contributed by atoms with van der Waals surface area (Å²) in [5.41, 5.74) is -0.223. The molecule has 182 valence electrons. The zero-order chi connectivity index (χ0) is 25.7. The number of hydrogen-bond acceptors (Lipinski definition) is 8. The second-order valence-corrected chi connectivity index (χ2v) is 8.88. The lowest BCUT2D eigenvalue weighted by Crippen LogP contribution is -2.41. The van der Waals surface area contributed by atoms with Gasteiger partial charge in [-0.15, -0.1) is 0 Å². The van der Waals surface area contributed by atoms with Gasteiger partial charge in [-0.1, -0.05) is 18.2 Å². The van der Waals surface area contributed by atoms with Gasteiger partial charge in [0.2, 0.25) is 0 Å². The molecule has 0 aromatic heterocycles. The number of phenolic OH excluding ortho intramolecular Hbond substituents is 2. The fraction of sp³-hybridized carbons (Fsp3) is 0.296. The Labute approximate surface area is 202 Å². The summed E-state index contributed by atoms with van der Waals surface area (Å²) >= 11 is 0. The van der Waals surface area contributed by atoms with Gasteiger partial charge in [0.1, 0.15) is 39.7 Å². The van der Waals surface area contributed by atoms with E-state index >= 15 is 0 Å². The Kier molecular flexibility index (Phi) is 5.92. The zero-order valence-electron chi connectivity index (χ0n) is 20.2. The third-order valence-corrected chi connectivity index (χ3v) is 6.74. The minimum Gasteiger partial charge on any atom is -0.507 e. The van der Waals surface area contributed by atoms with Crippen LogP contribution in [-0.2, 0) is 21.4 Å². The van der Waals surface area contributed by atoms with Crippen molar-refractivity contribution in [1.82, 2.24) is 5.32 Å². The molecule has 0 saturated carbocycles. The molecule has 1 aliphatic heterocycles. The maximum Gasteiger partial charge on any atom is 0.194 e. The lowest BCUT2D eigenvalue weighted by molar-refractivity contribution is -0.123. The minimum atomic E-state index is -1.53. The van der Waals surface area contributed by atoms with Crippen LogP contribution >= 0.6 is 0 Å². The van der Waals surface area contributed by atoms with Gasteiger partial charge in [-0.25, -0.2) is 0 Å². The molecule has 3 N–H and O–H groups in total. The number of rotatable bonds is 6. The Morgan fingerprint density at radius 2 is 1.83 bits per heavy atom. The third kappa shape index (κ3) is 3.56. The molecule has 0 bridgehead atoms. The van der Waals surface area contributed by atoms with E-state index in [9.17, 15) is 24.6 Å². The van der Waals surface area contributed by atoms with E-state index < -0.39 is 28.5 Å². The monoisotopic (exact) mass is 477 g/mol. The van der Waals surface area contributed by atoms with E-state index in [0.717, 1.165) is 11.3 Å². The maximum atomic E-state index is 13.8. The smallest absolute Gasteiger partial charge is 0.194 e. The van der Waals surface area contributed by atoms with E-state index in [4.69, 9.17) is 9.47 Å². The molecule has 8 heteroatoms. The average molecular weight is 478 g/mol. The average Bonchev–Trinajstić information content (AvgIpc) is 3.10. The number of ketones is 3. The number of benzene rings is 2. The second kappa shape index (κ2) is 8.61. The normalized spacial score (nSPS) is 20.0. The summed E-state index contributed by atoms with van der Waals surface area (Å²) in [7, 11) is 1.60. The van der Waals surface area contributed by atoms with E-state index in [1.165, 1.54) is 19.9 Å². The molecule has 2 aromatic rings. The predicted molar refractivity (Wildman–Crippen MR) is 128 cm³/mol. The number of phenols is 2. The first-order valence-electron chi connectivity index (χ1n) is 11.2. The van der Waals surface area contributed by atoms with Crippen LogP contribution in [0, 0.1) is 6.92 Å². The SMILES string of the molecule is COc1ccccc1CCN/C(C)=C1\C(=O)C=C2Oc3c(C(C)=O)c(O)c(C)c(O)c3[C@@]2(C)C1=O. The van der Waals surface area contributed by atoms with Gasteiger partial charge in [-0.3, -0.25) is 14.4 Å². The van der Waals surface area contributed by atoms with E-state index in [1.807, 2.05) is 24.3 Å². The molecule has 4 rings (SSSR count). The highest BCUT2D eigenvalue weighted by Crippen LogP contribution is 2.57. The van der Waals surface area contributed by atoms with Gasteiger partial charge in [0, 0.05) is 23.9 Å². The zero-order valence-corrected chi connectivity index (χ0v) is 20.2. The van der Waals surface area contributed by atoms with E-state index in [1.54, 1.807) is 21.0 Å². The molecule has 0 radical (unpaired) electrons. The minimum absolute atomic E-state index is 0.0101. The van der Waals surface area contributed by atoms with Crippen LogP contribution in [0.15, 0.2) is 47.4 Å². The first-order chi connectivity index (χ1) is 16.5. The Balaban J connectivity index is 1.73. The van der Waals surface area contributed by atoms with Crippen LogP contribution < -0.4 is 14.8 Å². The molecule has 0 amide bonds. The number of allylic oxidation sites excluding steroid dienone is 4. The molecule has 0 unspecified atom stereocenters. The van der Waals surface area contributed by atoms with E-state index in [0.29, 0.717) is 18.7 Å². The fourth-order valence-corrected chi connectivity index (χ4v) is 4.75. The summed E-state index contributed by atoms with van der Waals surface area (Å²) in [6.45, 7) is 6.34. The summed E-state index contributed by atoms with van der Waals surface area (Å²) in [6.07, 6.45) is 1.81. The van der Waals surface area contributed by atoms with Crippen LogP contribution in [0.1, 0.15) is 47.8 Å². The van der Waals surface area contributed by atoms with Crippen molar-refractivity contribution >= 4 is 17.3 Å². The number of aromatic hydroxyl groups is 2. The van der Waals surface area contributed by atoms with Crippen LogP contribution in [0.4, 0.5) is 0 Å². The van der Waals surface area contributed by atoms with Crippen LogP contribution in [0.5, 0.6) is 23.0 Å². The van der Waals surface area contributed by atoms with Crippen molar-refractivity contribution in [2.75, 3.05) is 13.7 Å². The van der Waals surface area contributed by atoms with Crippen LogP contribution in [0.25, 0.3) is 0 Å². The van der Waals surface area contributed by atoms with Crippen molar-refractivity contribution in [1.29, 1.82) is 0 Å². The number of methoxy groups -OCH3 is 1. The number of hydrogen-bond donors (Lipinski definition) is 3. The highest BCUT2D eigenvalue weighted by atomic mass is 16.5. The van der Waals surface area contributed by atoms with Crippen molar-refractivity contribution in [3.63, 3.8) is 0 Å². The molecule has 35 heavy (non-hydrogen) atoms. The van der Waals surface area contributed by atoms with E-state index in [-0.39, 0.29) is 39.5 Å². The molecule has 2 aliphatic rings. The van der Waals surface area contributed by atoms with Crippen LogP contribution in [0.3, 0.4) is 0 Å². The highest BCUT2D eigenvalue weighted by Gasteiger charge is 2.56. The number of carbonyl (C=O) groups excluding carboxylic acids is 3. The fourth-order valence-electron chi connectivity index (χ4n) is 4.75. The van der Waals surface area contributed by atoms with Gasteiger partial charge in [0.25, 0.3) is 0 Å². The molecule has 0 spiro atoms. The number of carbonyl (C=O) groups is 3. The molecular formula is C27H27NO7. The Bertz CT molecular complexity index is 1350. The molecule has 0 fully saturated rings. The van der Waals surface area contributed by atoms with Gasteiger partial charge >= 0.3 is 0 Å². The van der Waals surface area contributed by atoms with Crippen molar-refractivity contribution in [2.24, 2.45) is 0 Å². The van der Waals surface area contributed by atoms with Crippen LogP contribution in [0.2, 0.25) is 0 Å². The molecule has 8 nitrogen and oxygen atoms in total. The summed E-state index contributed by atoms with van der Waals surface area (Å²) in [5.74, 6) is -1.70. The summed E-state index contributed by atoms with van der Waals surface area (Å²) in [5, 5.41) is 24.5. The van der Waals surface area contributed by atoms with Crippen molar-refractivity contribution < 1.29 is 34.1 Å². The van der Waals surface area contributed by atoms with Crippen molar-refractivity contribution in [3.05, 3.63) is 69.6 Å². The molecule has 1 aliphatic carbocycles. The maximum absolute atomic E-state index is 13.8. The number of nitrogens with one attached hydrogen (secondary N) is 1. The molecule has 2 aromatic carbocycles. The number of para-hydroxylation sites is 1. The predicted octanol–water partition coefficient (Wildman–Crippen LogP) is 3.41. The van der Waals surface area contributed by atoms with Crippen LogP contribution in [-0.4, -0.2) is 41.2 Å². The van der Waals surface area contributed by atoms with Gasteiger partial charge in [-0.05, 0) is 45.7 Å². The molecular weight excluding hydrogens is 450 g/mol. The molecule has 1 heterocycles. The van der Waals surface area contributed by atoms with Crippen molar-refractivity contribution in [2.45, 2.75) is 39.5 Å². The third-order valence-electron chi connectivity index (χ3n) is 6.74. The number of Topliss-reactive ketones (excluding diaryl/α,β-unsaturated/α-hetero) is 2. The van der Waals surface area contributed by atoms with Crippen molar-refractivity contribution in [3.8, 4) is 23.0 Å². The van der Waals surface area contributed by atoms with Gasteiger partial charge < -0.3 is 25.0 Å². The number of fused-ring (bicyclic) bond motifs is 3. The van der Waals surface area contributed by atoms with Gasteiger partial charge in [0.05, 0.1) is 18.2 Å². The summed E-state index contributed by atoms with van der Waals surface area (Å²) in [4.78, 5) is 39.0. The Hall–Kier alpha value is -4.07. The lowest BCUT2D eigenvalue weighted by Gasteiger charge is -2.29. The topological polar surface area (TPSA) is 122 Å². The summed E-state index contributed by atoms with van der Waals surface area (Å²) in [6, 6.07) is 7.59. The Morgan fingerprint density at radius 1 is 1.14 bits per heavy atom. The second-order valence-electron chi connectivity index (χ2n) is 8.88. The summed E-state index contributed by atoms with van der Waals surface area (Å²) < 4.78 is 11.1. The Morgan fingerprint density at radius 3 is 2.49 bits per heavy atom. The van der Waals surface area contributed by atoms with E-state index in [2.05, 4.69) is 5.32 Å². The highest BCUT2D eigenvalue weighted by molar-refractivity contribution is 6.31. The van der Waals surface area contributed by atoms with Gasteiger partial charge in [-0.2, -0.15) is 0 Å².